The van der Waals surface area contributed by atoms with Gasteiger partial charge >= 0.3 is 0 Å². The van der Waals surface area contributed by atoms with Gasteiger partial charge in [-0.05, 0) is 37.3 Å². The predicted molar refractivity (Wildman–Crippen MR) is 114 cm³/mol. The van der Waals surface area contributed by atoms with Gasteiger partial charge in [0.15, 0.2) is 0 Å². The average Bonchev–Trinajstić information content (AvgIpc) is 3.14. The fraction of sp³-hybridized carbons (Fsp3) is 0.238. The third-order valence-corrected chi connectivity index (χ3v) is 7.41. The molecule has 3 aromatic rings. The summed E-state index contributed by atoms with van der Waals surface area (Å²) in [5, 5.41) is 4.52. The quantitative estimate of drug-likeness (QED) is 0.597. The van der Waals surface area contributed by atoms with Gasteiger partial charge in [0, 0.05) is 31.2 Å². The number of aromatic nitrogens is 2. The molecule has 0 radical (unpaired) electrons. The van der Waals surface area contributed by atoms with Crippen molar-refractivity contribution in [3.05, 3.63) is 76.8 Å². The summed E-state index contributed by atoms with van der Waals surface area (Å²) in [4.78, 5) is 14.7. The Morgan fingerprint density at radius 1 is 1.06 bits per heavy atom. The Morgan fingerprint density at radius 2 is 1.77 bits per heavy atom. The molecule has 1 aliphatic rings. The molecule has 31 heavy (non-hydrogen) atoms. The lowest BCUT2D eigenvalue weighted by molar-refractivity contribution is 0.0697. The topological polar surface area (TPSA) is 75.5 Å². The van der Waals surface area contributed by atoms with Gasteiger partial charge in [0.05, 0.1) is 22.3 Å². The average molecular weight is 463 g/mol. The van der Waals surface area contributed by atoms with Crippen LogP contribution in [0.25, 0.3) is 5.69 Å². The maximum atomic E-state index is 14.1. The number of nitrogens with zero attached hydrogens (tertiary/aromatic N) is 4. The van der Waals surface area contributed by atoms with Crippen LogP contribution in [0.15, 0.2) is 59.6 Å². The number of para-hydroxylation sites is 1. The molecule has 0 atom stereocenters. The maximum absolute atomic E-state index is 14.1. The highest BCUT2D eigenvalue weighted by Crippen LogP contribution is 2.22. The van der Waals surface area contributed by atoms with Crippen molar-refractivity contribution < 1.29 is 17.6 Å². The molecule has 0 unspecified atom stereocenters. The number of halogens is 2. The molecule has 4 rings (SSSR count). The highest BCUT2D eigenvalue weighted by atomic mass is 35.5. The maximum Gasteiger partial charge on any atom is 0.257 e. The van der Waals surface area contributed by atoms with Crippen molar-refractivity contribution in [2.75, 3.05) is 26.2 Å². The Kier molecular flexibility index (Phi) is 5.83. The van der Waals surface area contributed by atoms with Gasteiger partial charge in [-0.15, -0.1) is 0 Å². The molecule has 1 aromatic heterocycles. The highest BCUT2D eigenvalue weighted by Gasteiger charge is 2.31. The van der Waals surface area contributed by atoms with Crippen LogP contribution >= 0.6 is 11.6 Å². The summed E-state index contributed by atoms with van der Waals surface area (Å²) < 4.78 is 42.5. The summed E-state index contributed by atoms with van der Waals surface area (Å²) in [5.74, 6) is -0.701. The van der Waals surface area contributed by atoms with Crippen molar-refractivity contribution in [2.45, 2.75) is 11.8 Å². The standard InChI is InChI=1S/C21H20ClFN4O3S/c1-15-18(14-24-27(15)20-8-3-2-7-19(20)23)21(28)25-9-11-26(12-10-25)31(29,30)17-6-4-5-16(22)13-17/h2-8,13-14H,9-12H2,1H3. The smallest absolute Gasteiger partial charge is 0.257 e. The summed E-state index contributed by atoms with van der Waals surface area (Å²) in [6.07, 6.45) is 1.42. The van der Waals surface area contributed by atoms with Crippen LogP contribution in [0.4, 0.5) is 4.39 Å². The second-order valence-electron chi connectivity index (χ2n) is 7.16. The molecule has 10 heteroatoms. The fourth-order valence-corrected chi connectivity index (χ4v) is 5.29. The Balaban J connectivity index is 1.49. The molecule has 1 fully saturated rings. The molecule has 0 saturated carbocycles. The van der Waals surface area contributed by atoms with E-state index >= 15 is 0 Å². The highest BCUT2D eigenvalue weighted by molar-refractivity contribution is 7.89. The lowest BCUT2D eigenvalue weighted by Gasteiger charge is -2.34. The van der Waals surface area contributed by atoms with E-state index in [4.69, 9.17) is 11.6 Å². The Bertz CT molecular complexity index is 1240. The van der Waals surface area contributed by atoms with E-state index in [0.29, 0.717) is 16.3 Å². The lowest BCUT2D eigenvalue weighted by atomic mass is 10.2. The first-order valence-electron chi connectivity index (χ1n) is 9.63. The molecule has 0 spiro atoms. The van der Waals surface area contributed by atoms with Crippen LogP contribution in [0.3, 0.4) is 0 Å². The number of benzene rings is 2. The minimum Gasteiger partial charge on any atom is -0.336 e. The van der Waals surface area contributed by atoms with Crippen molar-refractivity contribution in [2.24, 2.45) is 0 Å². The number of sulfonamides is 1. The van der Waals surface area contributed by atoms with E-state index in [2.05, 4.69) is 5.10 Å². The Morgan fingerprint density at radius 3 is 2.45 bits per heavy atom. The number of carbonyl (C=O) groups excluding carboxylic acids is 1. The van der Waals surface area contributed by atoms with E-state index in [-0.39, 0.29) is 42.7 Å². The Hall–Kier alpha value is -2.75. The first-order valence-corrected chi connectivity index (χ1v) is 11.5. The molecule has 0 aliphatic carbocycles. The fourth-order valence-electron chi connectivity index (χ4n) is 3.56. The lowest BCUT2D eigenvalue weighted by Crippen LogP contribution is -2.50. The molecule has 1 amide bonds. The van der Waals surface area contributed by atoms with E-state index in [0.717, 1.165) is 0 Å². The van der Waals surface area contributed by atoms with E-state index in [1.54, 1.807) is 42.2 Å². The monoisotopic (exact) mass is 462 g/mol. The van der Waals surface area contributed by atoms with Gasteiger partial charge in [0.2, 0.25) is 10.0 Å². The molecule has 1 saturated heterocycles. The number of hydrogen-bond donors (Lipinski definition) is 0. The summed E-state index contributed by atoms with van der Waals surface area (Å²) in [6, 6.07) is 12.3. The molecule has 7 nitrogen and oxygen atoms in total. The van der Waals surface area contributed by atoms with Crippen LogP contribution in [-0.4, -0.2) is 59.5 Å². The van der Waals surface area contributed by atoms with Gasteiger partial charge in [-0.1, -0.05) is 29.8 Å². The zero-order valence-electron chi connectivity index (χ0n) is 16.7. The van der Waals surface area contributed by atoms with Crippen molar-refractivity contribution in [1.29, 1.82) is 0 Å². The van der Waals surface area contributed by atoms with Gasteiger partial charge < -0.3 is 4.90 Å². The molecule has 162 valence electrons. The summed E-state index contributed by atoms with van der Waals surface area (Å²) in [6.45, 7) is 2.51. The largest absolute Gasteiger partial charge is 0.336 e. The van der Waals surface area contributed by atoms with Crippen molar-refractivity contribution >= 4 is 27.5 Å². The van der Waals surface area contributed by atoms with Crippen LogP contribution in [0.5, 0.6) is 0 Å². The van der Waals surface area contributed by atoms with Crippen molar-refractivity contribution in [1.82, 2.24) is 19.0 Å². The third-order valence-electron chi connectivity index (χ3n) is 5.28. The van der Waals surface area contributed by atoms with Gasteiger partial charge in [-0.2, -0.15) is 9.40 Å². The van der Waals surface area contributed by atoms with Crippen LogP contribution in [-0.2, 0) is 10.0 Å². The molecule has 0 bridgehead atoms. The molecule has 0 N–H and O–H groups in total. The predicted octanol–water partition coefficient (Wildman–Crippen LogP) is 3.12. The number of carbonyl (C=O) groups is 1. The SMILES string of the molecule is Cc1c(C(=O)N2CCN(S(=O)(=O)c3cccc(Cl)c3)CC2)cnn1-c1ccccc1F. The second kappa shape index (κ2) is 8.41. The zero-order valence-corrected chi connectivity index (χ0v) is 18.3. The van der Waals surface area contributed by atoms with Crippen LogP contribution < -0.4 is 0 Å². The van der Waals surface area contributed by atoms with Gasteiger partial charge in [-0.3, -0.25) is 4.79 Å². The van der Waals surface area contributed by atoms with E-state index in [9.17, 15) is 17.6 Å². The molecule has 1 aliphatic heterocycles. The van der Waals surface area contributed by atoms with E-state index in [1.807, 2.05) is 0 Å². The molecule has 2 heterocycles. The van der Waals surface area contributed by atoms with E-state index in [1.165, 1.54) is 33.4 Å². The van der Waals surface area contributed by atoms with Gasteiger partial charge in [0.1, 0.15) is 11.5 Å². The van der Waals surface area contributed by atoms with Gasteiger partial charge in [-0.25, -0.2) is 17.5 Å². The first kappa shape index (κ1) is 21.5. The molecular formula is C21H20ClFN4O3S. The van der Waals surface area contributed by atoms with Crippen LogP contribution in [0, 0.1) is 12.7 Å². The minimum atomic E-state index is -3.69. The Labute approximate surface area is 184 Å². The second-order valence-corrected chi connectivity index (χ2v) is 9.53. The summed E-state index contributed by atoms with van der Waals surface area (Å²) in [5.41, 5.74) is 1.13. The molecule has 2 aromatic carbocycles. The van der Waals surface area contributed by atoms with Gasteiger partial charge in [0.25, 0.3) is 5.91 Å². The number of amides is 1. The number of hydrogen-bond acceptors (Lipinski definition) is 4. The van der Waals surface area contributed by atoms with Crippen LogP contribution in [0.1, 0.15) is 16.1 Å². The van der Waals surface area contributed by atoms with Crippen molar-refractivity contribution in [3.8, 4) is 5.69 Å². The summed E-state index contributed by atoms with van der Waals surface area (Å²) >= 11 is 5.93. The van der Waals surface area contributed by atoms with E-state index < -0.39 is 15.8 Å². The van der Waals surface area contributed by atoms with Crippen molar-refractivity contribution in [3.63, 3.8) is 0 Å². The third kappa shape index (κ3) is 4.08. The summed E-state index contributed by atoms with van der Waals surface area (Å²) in [7, 11) is -3.69. The molecular weight excluding hydrogens is 443 g/mol. The number of rotatable bonds is 4. The zero-order chi connectivity index (χ0) is 22.2. The first-order chi connectivity index (χ1) is 14.8. The van der Waals surface area contributed by atoms with Crippen LogP contribution in [0.2, 0.25) is 5.02 Å². The minimum absolute atomic E-state index is 0.127. The normalized spacial score (nSPS) is 15.3. The number of piperazine rings is 1.